The molecule has 9 nitrogen and oxygen atoms in total. The lowest BCUT2D eigenvalue weighted by molar-refractivity contribution is -0.148. The zero-order chi connectivity index (χ0) is 12.8. The van der Waals surface area contributed by atoms with Crippen molar-refractivity contribution < 1.29 is 14.3 Å². The van der Waals surface area contributed by atoms with Gasteiger partial charge in [0.15, 0.2) is 11.9 Å². The lowest BCUT2D eigenvalue weighted by Crippen LogP contribution is -2.47. The maximum atomic E-state index is 11.5. The number of H-pyrrole nitrogens is 1. The van der Waals surface area contributed by atoms with Crippen LogP contribution in [0.5, 0.6) is 0 Å². The molecular formula is C8H14N6O3. The normalized spacial score (nSPS) is 13.8. The summed E-state index contributed by atoms with van der Waals surface area (Å²) in [6.45, 7) is 3.44. The maximum absolute atomic E-state index is 11.5. The van der Waals surface area contributed by atoms with Crippen LogP contribution in [0, 0.1) is 0 Å². The van der Waals surface area contributed by atoms with E-state index in [0.29, 0.717) is 5.82 Å². The maximum Gasteiger partial charge on any atom is 0.332 e. The first-order valence-corrected chi connectivity index (χ1v) is 5.02. The molecule has 0 aliphatic carbocycles. The van der Waals surface area contributed by atoms with Gasteiger partial charge in [0, 0.05) is 0 Å². The SMILES string of the molecule is CCOC(=O)C(N)C(=O)NC(C)c1nn[nH]n1. The van der Waals surface area contributed by atoms with E-state index in [-0.39, 0.29) is 6.61 Å². The molecule has 1 aromatic rings. The van der Waals surface area contributed by atoms with Gasteiger partial charge in [-0.25, -0.2) is 4.79 Å². The van der Waals surface area contributed by atoms with Gasteiger partial charge < -0.3 is 15.8 Å². The smallest absolute Gasteiger partial charge is 0.332 e. The van der Waals surface area contributed by atoms with Crippen LogP contribution in [0.25, 0.3) is 0 Å². The van der Waals surface area contributed by atoms with Crippen molar-refractivity contribution in [3.05, 3.63) is 5.82 Å². The van der Waals surface area contributed by atoms with Gasteiger partial charge in [-0.1, -0.05) is 5.21 Å². The Kier molecular flexibility index (Phi) is 4.52. The molecule has 0 aliphatic rings. The molecule has 0 spiro atoms. The quantitative estimate of drug-likeness (QED) is 0.412. The van der Waals surface area contributed by atoms with Crippen LogP contribution >= 0.6 is 0 Å². The molecule has 0 saturated carbocycles. The largest absolute Gasteiger partial charge is 0.464 e. The van der Waals surface area contributed by atoms with Gasteiger partial charge in [-0.05, 0) is 13.8 Å². The molecule has 17 heavy (non-hydrogen) atoms. The third kappa shape index (κ3) is 3.48. The first kappa shape index (κ1) is 13.0. The van der Waals surface area contributed by atoms with Crippen molar-refractivity contribution in [2.45, 2.75) is 25.9 Å². The molecule has 4 N–H and O–H groups in total. The third-order valence-electron chi connectivity index (χ3n) is 1.93. The van der Waals surface area contributed by atoms with E-state index < -0.39 is 24.0 Å². The molecule has 0 saturated heterocycles. The Balaban J connectivity index is 2.51. The summed E-state index contributed by atoms with van der Waals surface area (Å²) in [5.74, 6) is -1.12. The Hall–Kier alpha value is -2.03. The lowest BCUT2D eigenvalue weighted by atomic mass is 10.2. The van der Waals surface area contributed by atoms with Gasteiger partial charge in [0.05, 0.1) is 12.6 Å². The van der Waals surface area contributed by atoms with Crippen LogP contribution in [0.15, 0.2) is 0 Å². The summed E-state index contributed by atoms with van der Waals surface area (Å²) in [6, 6.07) is -1.86. The highest BCUT2D eigenvalue weighted by atomic mass is 16.5. The number of esters is 1. The molecule has 9 heteroatoms. The number of nitrogens with zero attached hydrogens (tertiary/aromatic N) is 3. The van der Waals surface area contributed by atoms with E-state index in [4.69, 9.17) is 5.73 Å². The van der Waals surface area contributed by atoms with E-state index in [2.05, 4.69) is 30.7 Å². The fraction of sp³-hybridized carbons (Fsp3) is 0.625. The topological polar surface area (TPSA) is 136 Å². The molecule has 0 aliphatic heterocycles. The highest BCUT2D eigenvalue weighted by Crippen LogP contribution is 2.03. The van der Waals surface area contributed by atoms with E-state index >= 15 is 0 Å². The fourth-order valence-electron chi connectivity index (χ4n) is 1.06. The van der Waals surface area contributed by atoms with Crippen molar-refractivity contribution in [3.63, 3.8) is 0 Å². The number of rotatable bonds is 5. The molecule has 94 valence electrons. The molecule has 2 atom stereocenters. The minimum Gasteiger partial charge on any atom is -0.464 e. The van der Waals surface area contributed by atoms with Gasteiger partial charge in [-0.3, -0.25) is 4.79 Å². The van der Waals surface area contributed by atoms with Crippen LogP contribution in [0.1, 0.15) is 25.7 Å². The van der Waals surface area contributed by atoms with Gasteiger partial charge in [0.1, 0.15) is 0 Å². The average Bonchev–Trinajstić information content (AvgIpc) is 2.81. The second-order valence-electron chi connectivity index (χ2n) is 3.23. The van der Waals surface area contributed by atoms with Crippen LogP contribution in [0.3, 0.4) is 0 Å². The standard InChI is InChI=1S/C8H14N6O3/c1-3-17-8(16)5(9)7(15)10-4(2)6-11-13-14-12-6/h4-5H,3,9H2,1-2H3,(H,10,15)(H,11,12,13,14). The van der Waals surface area contributed by atoms with Gasteiger partial charge in [-0.15, -0.1) is 10.2 Å². The molecule has 1 amide bonds. The number of carbonyl (C=O) groups is 2. The Morgan fingerprint density at radius 3 is 2.82 bits per heavy atom. The summed E-state index contributed by atoms with van der Waals surface area (Å²) in [6.07, 6.45) is 0. The highest BCUT2D eigenvalue weighted by Gasteiger charge is 2.25. The number of hydrogen-bond donors (Lipinski definition) is 3. The van der Waals surface area contributed by atoms with Crippen LogP contribution in [-0.4, -0.2) is 45.1 Å². The summed E-state index contributed by atoms with van der Waals surface area (Å²) in [5, 5.41) is 15.5. The molecule has 1 aromatic heterocycles. The van der Waals surface area contributed by atoms with E-state index in [1.165, 1.54) is 0 Å². The summed E-state index contributed by atoms with van der Waals surface area (Å²) in [5.41, 5.74) is 5.40. The predicted molar refractivity (Wildman–Crippen MR) is 55.3 cm³/mol. The summed E-state index contributed by atoms with van der Waals surface area (Å²) < 4.78 is 4.62. The molecule has 0 fully saturated rings. The summed E-state index contributed by atoms with van der Waals surface area (Å²) in [7, 11) is 0. The number of ether oxygens (including phenoxy) is 1. The van der Waals surface area contributed by atoms with Gasteiger partial charge in [0.25, 0.3) is 0 Å². The molecule has 1 heterocycles. The number of amides is 1. The number of nitrogens with two attached hydrogens (primary N) is 1. The van der Waals surface area contributed by atoms with Crippen LogP contribution in [0.4, 0.5) is 0 Å². The van der Waals surface area contributed by atoms with Crippen LogP contribution in [0.2, 0.25) is 0 Å². The summed E-state index contributed by atoms with van der Waals surface area (Å²) >= 11 is 0. The Bertz CT molecular complexity index is 379. The monoisotopic (exact) mass is 242 g/mol. The van der Waals surface area contributed by atoms with Crippen molar-refractivity contribution in [2.75, 3.05) is 6.61 Å². The van der Waals surface area contributed by atoms with E-state index in [1.807, 2.05) is 0 Å². The number of aromatic nitrogens is 4. The first-order chi connectivity index (χ1) is 8.06. The molecule has 0 radical (unpaired) electrons. The van der Waals surface area contributed by atoms with Crippen molar-refractivity contribution in [3.8, 4) is 0 Å². The molecule has 1 rings (SSSR count). The average molecular weight is 242 g/mol. The molecule has 0 bridgehead atoms. The Morgan fingerprint density at radius 1 is 1.59 bits per heavy atom. The second kappa shape index (κ2) is 5.89. The minimum absolute atomic E-state index is 0.167. The Labute approximate surface area is 97.1 Å². The first-order valence-electron chi connectivity index (χ1n) is 5.02. The van der Waals surface area contributed by atoms with Crippen molar-refractivity contribution >= 4 is 11.9 Å². The van der Waals surface area contributed by atoms with Crippen molar-refractivity contribution in [2.24, 2.45) is 5.73 Å². The number of nitrogens with one attached hydrogen (secondary N) is 2. The molecule has 0 aromatic carbocycles. The van der Waals surface area contributed by atoms with Gasteiger partial charge in [-0.2, -0.15) is 5.21 Å². The molecule has 2 unspecified atom stereocenters. The number of tetrazole rings is 1. The van der Waals surface area contributed by atoms with E-state index in [9.17, 15) is 9.59 Å². The Morgan fingerprint density at radius 2 is 2.29 bits per heavy atom. The van der Waals surface area contributed by atoms with E-state index in [0.717, 1.165) is 0 Å². The number of hydrogen-bond acceptors (Lipinski definition) is 7. The third-order valence-corrected chi connectivity index (χ3v) is 1.93. The van der Waals surface area contributed by atoms with Crippen LogP contribution in [-0.2, 0) is 14.3 Å². The predicted octanol–water partition coefficient (Wildman–Crippen LogP) is -1.73. The zero-order valence-electron chi connectivity index (χ0n) is 9.51. The van der Waals surface area contributed by atoms with Crippen molar-refractivity contribution in [1.29, 1.82) is 0 Å². The fourth-order valence-corrected chi connectivity index (χ4v) is 1.06. The number of carbonyl (C=O) groups excluding carboxylic acids is 2. The van der Waals surface area contributed by atoms with Gasteiger partial charge in [0.2, 0.25) is 5.91 Å². The zero-order valence-corrected chi connectivity index (χ0v) is 9.51. The lowest BCUT2D eigenvalue weighted by Gasteiger charge is -2.13. The van der Waals surface area contributed by atoms with Gasteiger partial charge >= 0.3 is 5.97 Å². The highest BCUT2D eigenvalue weighted by molar-refractivity contribution is 6.01. The van der Waals surface area contributed by atoms with E-state index in [1.54, 1.807) is 13.8 Å². The second-order valence-corrected chi connectivity index (χ2v) is 3.23. The number of aromatic amines is 1. The van der Waals surface area contributed by atoms with Crippen molar-refractivity contribution in [1.82, 2.24) is 25.9 Å². The minimum atomic E-state index is -1.36. The van der Waals surface area contributed by atoms with Crippen LogP contribution < -0.4 is 11.1 Å². The molecular weight excluding hydrogens is 228 g/mol. The summed E-state index contributed by atoms with van der Waals surface area (Å²) in [4.78, 5) is 22.7.